The number of sulfonamides is 1. The summed E-state index contributed by atoms with van der Waals surface area (Å²) in [4.78, 5) is 26.5. The molecule has 182 valence electrons. The smallest absolute Gasteiger partial charge is 0.247 e. The van der Waals surface area contributed by atoms with Crippen LogP contribution >= 0.6 is 0 Å². The van der Waals surface area contributed by atoms with Gasteiger partial charge in [-0.3, -0.25) is 20.3 Å². The summed E-state index contributed by atoms with van der Waals surface area (Å²) < 4.78 is 33.6. The highest BCUT2D eigenvalue weighted by Crippen LogP contribution is 2.28. The molecular formula is C22H27N5O6S. The van der Waals surface area contributed by atoms with Gasteiger partial charge in [0.15, 0.2) is 17.5 Å². The number of aryl methyl sites for hydroxylation is 1. The normalized spacial score (nSPS) is 15.2. The average Bonchev–Trinajstić information content (AvgIpc) is 2.73. The highest BCUT2D eigenvalue weighted by molar-refractivity contribution is 7.89. The number of ether oxygens (including phenoxy) is 2. The summed E-state index contributed by atoms with van der Waals surface area (Å²) in [5.74, 6) is 0.00879. The molecule has 34 heavy (non-hydrogen) atoms. The van der Waals surface area contributed by atoms with Crippen molar-refractivity contribution in [2.24, 2.45) is 5.14 Å². The predicted molar refractivity (Wildman–Crippen MR) is 125 cm³/mol. The van der Waals surface area contributed by atoms with Crippen molar-refractivity contribution in [3.63, 3.8) is 0 Å². The van der Waals surface area contributed by atoms with Crippen molar-refractivity contribution in [3.05, 3.63) is 47.5 Å². The molecule has 0 aliphatic carbocycles. The Hall–Kier alpha value is -3.64. The minimum Gasteiger partial charge on any atom is -0.493 e. The first-order valence-electron chi connectivity index (χ1n) is 10.3. The van der Waals surface area contributed by atoms with Crippen LogP contribution in [0.2, 0.25) is 0 Å². The molecule has 0 radical (unpaired) electrons. The number of methoxy groups -OCH3 is 2. The van der Waals surface area contributed by atoms with Crippen molar-refractivity contribution in [2.75, 3.05) is 26.1 Å². The Labute approximate surface area is 197 Å². The van der Waals surface area contributed by atoms with Crippen molar-refractivity contribution in [3.8, 4) is 11.5 Å². The highest BCUT2D eigenvalue weighted by Gasteiger charge is 2.36. The third-order valence-corrected chi connectivity index (χ3v) is 6.39. The van der Waals surface area contributed by atoms with Gasteiger partial charge in [0.25, 0.3) is 0 Å². The van der Waals surface area contributed by atoms with E-state index in [4.69, 9.17) is 20.0 Å². The molecule has 1 atom stereocenters. The van der Waals surface area contributed by atoms with Gasteiger partial charge in [0, 0.05) is 12.2 Å². The van der Waals surface area contributed by atoms with Crippen LogP contribution in [0.25, 0.3) is 0 Å². The van der Waals surface area contributed by atoms with Crippen molar-refractivity contribution in [1.82, 2.24) is 10.2 Å². The lowest BCUT2D eigenvalue weighted by molar-refractivity contribution is -0.124. The van der Waals surface area contributed by atoms with E-state index in [0.717, 1.165) is 0 Å². The molecule has 0 saturated carbocycles. The Morgan fingerprint density at radius 2 is 1.85 bits per heavy atom. The maximum atomic E-state index is 12.8. The second kappa shape index (κ2) is 10.1. The molecule has 0 unspecified atom stereocenters. The van der Waals surface area contributed by atoms with Crippen LogP contribution in [-0.2, 0) is 26.0 Å². The standard InChI is InChI=1S/C22H27N5O6S/c1-13-4-6-15(34(24,30)31)12-16(13)25-21(29)17-8-9-27(17)22(23)26-20(28)11-14-5-7-18(32-2)19(10-14)33-3/h4-7,10,12,17H,8-9,11H2,1-3H3,(H,25,29)(H2,23,26,28)(H2,24,30,31)/t17-/m1/s1. The average molecular weight is 490 g/mol. The number of nitrogens with two attached hydrogens (primary N) is 1. The number of carbonyl (C=O) groups is 2. The van der Waals surface area contributed by atoms with E-state index in [1.54, 1.807) is 31.2 Å². The van der Waals surface area contributed by atoms with Crippen molar-refractivity contribution < 1.29 is 27.5 Å². The minimum absolute atomic E-state index is 0.00693. The van der Waals surface area contributed by atoms with Crippen LogP contribution in [0, 0.1) is 12.3 Å². The summed E-state index contributed by atoms with van der Waals surface area (Å²) in [5, 5.41) is 18.6. The van der Waals surface area contributed by atoms with Crippen molar-refractivity contribution in [1.29, 1.82) is 5.41 Å². The lowest BCUT2D eigenvalue weighted by Gasteiger charge is -2.41. The molecule has 3 rings (SSSR count). The fourth-order valence-corrected chi connectivity index (χ4v) is 4.02. The number of rotatable bonds is 7. The summed E-state index contributed by atoms with van der Waals surface area (Å²) in [6.45, 7) is 2.14. The number of likely N-dealkylation sites (tertiary alicyclic amines) is 1. The van der Waals surface area contributed by atoms with Crippen LogP contribution in [0.4, 0.5) is 5.69 Å². The Morgan fingerprint density at radius 3 is 2.44 bits per heavy atom. The van der Waals surface area contributed by atoms with Crippen LogP contribution in [-0.4, -0.2) is 57.9 Å². The third-order valence-electron chi connectivity index (χ3n) is 5.48. The number of guanidine groups is 1. The van der Waals surface area contributed by atoms with Gasteiger partial charge in [-0.25, -0.2) is 13.6 Å². The highest BCUT2D eigenvalue weighted by atomic mass is 32.2. The van der Waals surface area contributed by atoms with Crippen LogP contribution in [0.3, 0.4) is 0 Å². The Morgan fingerprint density at radius 1 is 1.15 bits per heavy atom. The Kier molecular flexibility index (Phi) is 7.42. The number of benzene rings is 2. The number of anilines is 1. The molecule has 5 N–H and O–H groups in total. The van der Waals surface area contributed by atoms with Crippen molar-refractivity contribution >= 4 is 33.5 Å². The summed E-state index contributed by atoms with van der Waals surface area (Å²) in [6, 6.07) is 8.62. The van der Waals surface area contributed by atoms with Gasteiger partial charge in [0.05, 0.1) is 25.5 Å². The first kappa shape index (κ1) is 25.0. The van der Waals surface area contributed by atoms with Gasteiger partial charge >= 0.3 is 0 Å². The van der Waals surface area contributed by atoms with Gasteiger partial charge in [-0.05, 0) is 48.7 Å². The molecule has 1 heterocycles. The zero-order valence-electron chi connectivity index (χ0n) is 19.0. The molecule has 1 aliphatic rings. The van der Waals surface area contributed by atoms with E-state index < -0.39 is 27.9 Å². The monoisotopic (exact) mass is 489 g/mol. The van der Waals surface area contributed by atoms with E-state index in [1.807, 2.05) is 0 Å². The second-order valence-corrected chi connectivity index (χ2v) is 9.33. The molecule has 2 aromatic rings. The summed E-state index contributed by atoms with van der Waals surface area (Å²) >= 11 is 0. The quantitative estimate of drug-likeness (QED) is 0.332. The second-order valence-electron chi connectivity index (χ2n) is 7.77. The SMILES string of the molecule is COc1ccc(CC(=O)NC(=N)N2CC[C@@H]2C(=O)Nc2cc(S(N)(=O)=O)ccc2C)cc1OC. The molecule has 0 aromatic heterocycles. The van der Waals surface area contributed by atoms with E-state index in [-0.39, 0.29) is 17.3 Å². The maximum absolute atomic E-state index is 12.8. The Bertz CT molecular complexity index is 1230. The van der Waals surface area contributed by atoms with Gasteiger partial charge < -0.3 is 19.7 Å². The van der Waals surface area contributed by atoms with Crippen LogP contribution in [0.5, 0.6) is 11.5 Å². The van der Waals surface area contributed by atoms with Gasteiger partial charge in [0.1, 0.15) is 6.04 Å². The maximum Gasteiger partial charge on any atom is 0.247 e. The third kappa shape index (κ3) is 5.64. The van der Waals surface area contributed by atoms with E-state index >= 15 is 0 Å². The number of nitrogens with one attached hydrogen (secondary N) is 3. The number of primary sulfonamides is 1. The summed E-state index contributed by atoms with van der Waals surface area (Å²) in [6.07, 6.45) is 0.487. The first-order chi connectivity index (χ1) is 16.0. The van der Waals surface area contributed by atoms with Gasteiger partial charge in [-0.2, -0.15) is 0 Å². The summed E-state index contributed by atoms with van der Waals surface area (Å²) in [7, 11) is -0.904. The molecule has 0 spiro atoms. The molecule has 2 aromatic carbocycles. The van der Waals surface area contributed by atoms with Crippen LogP contribution < -0.4 is 25.2 Å². The predicted octanol–water partition coefficient (Wildman–Crippen LogP) is 0.966. The molecule has 0 bridgehead atoms. The lowest BCUT2D eigenvalue weighted by Crippen LogP contribution is -2.60. The minimum atomic E-state index is -3.92. The van der Waals surface area contributed by atoms with Gasteiger partial charge in [-0.1, -0.05) is 12.1 Å². The van der Waals surface area contributed by atoms with E-state index in [0.29, 0.717) is 41.3 Å². The number of hydrogen-bond acceptors (Lipinski definition) is 7. The topological polar surface area (TPSA) is 164 Å². The molecule has 1 saturated heterocycles. The number of amides is 2. The van der Waals surface area contributed by atoms with Crippen molar-refractivity contribution in [2.45, 2.75) is 30.7 Å². The molecular weight excluding hydrogens is 462 g/mol. The first-order valence-corrected chi connectivity index (χ1v) is 11.9. The lowest BCUT2D eigenvalue weighted by atomic mass is 10.0. The largest absolute Gasteiger partial charge is 0.493 e. The molecule has 1 fully saturated rings. The summed E-state index contributed by atoms with van der Waals surface area (Å²) in [5.41, 5.74) is 1.64. The molecule has 1 aliphatic heterocycles. The zero-order valence-corrected chi connectivity index (χ0v) is 19.9. The number of nitrogens with zero attached hydrogens (tertiary/aromatic N) is 1. The van der Waals surface area contributed by atoms with E-state index in [1.165, 1.54) is 31.3 Å². The molecule has 12 heteroatoms. The zero-order chi connectivity index (χ0) is 25.0. The Balaban J connectivity index is 1.61. The number of carbonyl (C=O) groups excluding carboxylic acids is 2. The van der Waals surface area contributed by atoms with E-state index in [2.05, 4.69) is 10.6 Å². The molecule has 2 amide bonds. The van der Waals surface area contributed by atoms with Gasteiger partial charge in [-0.15, -0.1) is 0 Å². The van der Waals surface area contributed by atoms with Crippen LogP contribution in [0.15, 0.2) is 41.3 Å². The van der Waals surface area contributed by atoms with E-state index in [9.17, 15) is 18.0 Å². The van der Waals surface area contributed by atoms with Crippen LogP contribution in [0.1, 0.15) is 17.5 Å². The number of hydrogen-bond donors (Lipinski definition) is 4. The fourth-order valence-electron chi connectivity index (χ4n) is 3.48. The van der Waals surface area contributed by atoms with Gasteiger partial charge in [0.2, 0.25) is 21.8 Å². The molecule has 11 nitrogen and oxygen atoms in total. The fraction of sp³-hybridized carbons (Fsp3) is 0.318.